The van der Waals surface area contributed by atoms with Crippen LogP contribution in [0.1, 0.15) is 24.1 Å². The fourth-order valence-electron chi connectivity index (χ4n) is 3.95. The van der Waals surface area contributed by atoms with Crippen LogP contribution >= 0.6 is 22.9 Å². The molecule has 2 aliphatic heterocycles. The van der Waals surface area contributed by atoms with Gasteiger partial charge in [0, 0.05) is 33.6 Å². The normalized spacial score (nSPS) is 28.5. The van der Waals surface area contributed by atoms with Crippen molar-refractivity contribution in [1.29, 1.82) is 0 Å². The van der Waals surface area contributed by atoms with E-state index in [0.717, 1.165) is 36.2 Å². The van der Waals surface area contributed by atoms with Gasteiger partial charge < -0.3 is 5.11 Å². The summed E-state index contributed by atoms with van der Waals surface area (Å²) >= 11 is 8.25. The second kappa shape index (κ2) is 4.97. The zero-order valence-electron chi connectivity index (χ0n) is 11.5. The summed E-state index contributed by atoms with van der Waals surface area (Å²) in [6.07, 6.45) is 2.92. The van der Waals surface area contributed by atoms with Crippen molar-refractivity contribution >= 4 is 39.0 Å². The SMILES string of the molecule is O=C(O)C1CC2CCC1N2Cc1sc2ccccc2c1Cl. The van der Waals surface area contributed by atoms with E-state index in [1.54, 1.807) is 11.3 Å². The van der Waals surface area contributed by atoms with Crippen molar-refractivity contribution < 1.29 is 9.90 Å². The zero-order valence-corrected chi connectivity index (χ0v) is 13.0. The molecule has 110 valence electrons. The summed E-state index contributed by atoms with van der Waals surface area (Å²) in [6, 6.07) is 8.78. The molecule has 4 rings (SSSR count). The van der Waals surface area contributed by atoms with E-state index in [9.17, 15) is 9.90 Å². The third-order valence-corrected chi connectivity index (χ3v) is 6.63. The van der Waals surface area contributed by atoms with Gasteiger partial charge in [-0.3, -0.25) is 9.69 Å². The topological polar surface area (TPSA) is 40.5 Å². The second-order valence-corrected chi connectivity index (χ2v) is 7.50. The van der Waals surface area contributed by atoms with Crippen LogP contribution in [-0.2, 0) is 11.3 Å². The van der Waals surface area contributed by atoms with Gasteiger partial charge in [0.1, 0.15) is 0 Å². The molecule has 0 saturated carbocycles. The molecule has 2 aromatic rings. The Labute approximate surface area is 132 Å². The lowest BCUT2D eigenvalue weighted by molar-refractivity contribution is -0.142. The first-order valence-corrected chi connectivity index (χ1v) is 8.49. The minimum atomic E-state index is -0.644. The Morgan fingerprint density at radius 3 is 2.90 bits per heavy atom. The highest BCUT2D eigenvalue weighted by Gasteiger charge is 2.49. The van der Waals surface area contributed by atoms with Crippen molar-refractivity contribution in [2.24, 2.45) is 5.92 Å². The van der Waals surface area contributed by atoms with Crippen LogP contribution in [0.15, 0.2) is 24.3 Å². The maximum Gasteiger partial charge on any atom is 0.308 e. The second-order valence-electron chi connectivity index (χ2n) is 5.99. The highest BCUT2D eigenvalue weighted by Crippen LogP contribution is 2.45. The van der Waals surface area contributed by atoms with Gasteiger partial charge in [-0.2, -0.15) is 0 Å². The Morgan fingerprint density at radius 2 is 2.19 bits per heavy atom. The van der Waals surface area contributed by atoms with Crippen LogP contribution in [0.3, 0.4) is 0 Å². The molecule has 2 fully saturated rings. The van der Waals surface area contributed by atoms with Crippen LogP contribution in [0.25, 0.3) is 10.1 Å². The van der Waals surface area contributed by atoms with E-state index in [-0.39, 0.29) is 12.0 Å². The molecular weight excluding hydrogens is 306 g/mol. The van der Waals surface area contributed by atoms with Crippen molar-refractivity contribution in [3.63, 3.8) is 0 Å². The number of hydrogen-bond donors (Lipinski definition) is 1. The van der Waals surface area contributed by atoms with E-state index in [2.05, 4.69) is 17.0 Å². The summed E-state index contributed by atoms with van der Waals surface area (Å²) in [5.41, 5.74) is 0. The molecule has 3 unspecified atom stereocenters. The first-order valence-electron chi connectivity index (χ1n) is 7.29. The standard InChI is InChI=1S/C16H16ClNO2S/c17-15-10-3-1-2-4-13(10)21-14(15)8-18-9-5-6-12(18)11(7-9)16(19)20/h1-4,9,11-12H,5-8H2,(H,19,20). The number of thiophene rings is 1. The molecule has 0 amide bonds. The molecular formula is C16H16ClNO2S. The van der Waals surface area contributed by atoms with Crippen molar-refractivity contribution in [2.45, 2.75) is 37.9 Å². The summed E-state index contributed by atoms with van der Waals surface area (Å²) in [5.74, 6) is -0.841. The zero-order chi connectivity index (χ0) is 14.6. The van der Waals surface area contributed by atoms with Crippen molar-refractivity contribution in [3.8, 4) is 0 Å². The molecule has 1 aromatic heterocycles. The quantitative estimate of drug-likeness (QED) is 0.929. The van der Waals surface area contributed by atoms with Gasteiger partial charge in [-0.15, -0.1) is 11.3 Å². The van der Waals surface area contributed by atoms with Crippen LogP contribution in [0, 0.1) is 5.92 Å². The number of hydrogen-bond acceptors (Lipinski definition) is 3. The minimum absolute atomic E-state index is 0.189. The van der Waals surface area contributed by atoms with Gasteiger partial charge in [0.05, 0.1) is 10.9 Å². The summed E-state index contributed by atoms with van der Waals surface area (Å²) in [4.78, 5) is 14.9. The summed E-state index contributed by atoms with van der Waals surface area (Å²) in [6.45, 7) is 0.789. The van der Waals surface area contributed by atoms with E-state index in [4.69, 9.17) is 11.6 Å². The molecule has 0 radical (unpaired) electrons. The maximum atomic E-state index is 11.3. The molecule has 3 atom stereocenters. The number of fused-ring (bicyclic) bond motifs is 3. The fraction of sp³-hybridized carbons (Fsp3) is 0.438. The van der Waals surface area contributed by atoms with Crippen molar-refractivity contribution in [2.75, 3.05) is 0 Å². The molecule has 2 bridgehead atoms. The molecule has 3 heterocycles. The number of carboxylic acid groups (broad SMARTS) is 1. The van der Waals surface area contributed by atoms with Crippen molar-refractivity contribution in [1.82, 2.24) is 4.90 Å². The predicted molar refractivity (Wildman–Crippen MR) is 84.9 cm³/mol. The molecule has 2 saturated heterocycles. The number of benzene rings is 1. The van der Waals surface area contributed by atoms with Crippen LogP contribution in [0.4, 0.5) is 0 Å². The van der Waals surface area contributed by atoms with E-state index < -0.39 is 5.97 Å². The number of rotatable bonds is 3. The Bertz CT molecular complexity index is 713. The van der Waals surface area contributed by atoms with Crippen molar-refractivity contribution in [3.05, 3.63) is 34.2 Å². The van der Waals surface area contributed by atoms with E-state index in [1.807, 2.05) is 12.1 Å². The number of aliphatic carboxylic acids is 1. The molecule has 1 aromatic carbocycles. The van der Waals surface area contributed by atoms with Gasteiger partial charge >= 0.3 is 5.97 Å². The highest BCUT2D eigenvalue weighted by molar-refractivity contribution is 7.19. The van der Waals surface area contributed by atoms with E-state index >= 15 is 0 Å². The van der Waals surface area contributed by atoms with Gasteiger partial charge in [-0.05, 0) is 25.3 Å². The lowest BCUT2D eigenvalue weighted by atomic mass is 9.89. The summed E-state index contributed by atoms with van der Waals surface area (Å²) < 4.78 is 1.21. The largest absolute Gasteiger partial charge is 0.481 e. The van der Waals surface area contributed by atoms with Gasteiger partial charge in [0.2, 0.25) is 0 Å². The monoisotopic (exact) mass is 321 g/mol. The number of carbonyl (C=O) groups is 1. The first kappa shape index (κ1) is 13.6. The van der Waals surface area contributed by atoms with Gasteiger partial charge in [0.25, 0.3) is 0 Å². The Balaban J connectivity index is 1.64. The lowest BCUT2D eigenvalue weighted by Crippen LogP contribution is -2.32. The minimum Gasteiger partial charge on any atom is -0.481 e. The third-order valence-electron chi connectivity index (χ3n) is 4.93. The highest BCUT2D eigenvalue weighted by atomic mass is 35.5. The summed E-state index contributed by atoms with van der Waals surface area (Å²) in [7, 11) is 0. The molecule has 21 heavy (non-hydrogen) atoms. The van der Waals surface area contributed by atoms with Gasteiger partial charge in [-0.1, -0.05) is 29.8 Å². The third kappa shape index (κ3) is 2.08. The number of nitrogens with zero attached hydrogens (tertiary/aromatic N) is 1. The van der Waals surface area contributed by atoms with E-state index in [1.165, 1.54) is 9.58 Å². The van der Waals surface area contributed by atoms with Crippen LogP contribution in [-0.4, -0.2) is 28.1 Å². The average Bonchev–Trinajstić information content (AvgIpc) is 3.13. The molecule has 3 nitrogen and oxygen atoms in total. The van der Waals surface area contributed by atoms with Gasteiger partial charge in [0.15, 0.2) is 0 Å². The molecule has 1 N–H and O–H groups in total. The van der Waals surface area contributed by atoms with Gasteiger partial charge in [-0.25, -0.2) is 0 Å². The van der Waals surface area contributed by atoms with E-state index in [0.29, 0.717) is 6.04 Å². The van der Waals surface area contributed by atoms with Crippen LogP contribution < -0.4 is 0 Å². The Morgan fingerprint density at radius 1 is 1.38 bits per heavy atom. The number of halogens is 1. The first-order chi connectivity index (χ1) is 10.1. The molecule has 0 aliphatic carbocycles. The molecule has 2 aliphatic rings. The lowest BCUT2D eigenvalue weighted by Gasteiger charge is -2.22. The van der Waals surface area contributed by atoms with Crippen LogP contribution in [0.2, 0.25) is 5.02 Å². The Hall–Kier alpha value is -1.10. The molecule has 5 heteroatoms. The molecule has 0 spiro atoms. The summed E-state index contributed by atoms with van der Waals surface area (Å²) in [5, 5.41) is 11.3. The Kier molecular flexibility index (Phi) is 3.21. The average molecular weight is 322 g/mol. The smallest absolute Gasteiger partial charge is 0.308 e. The maximum absolute atomic E-state index is 11.3. The van der Waals surface area contributed by atoms with Crippen LogP contribution in [0.5, 0.6) is 0 Å². The predicted octanol–water partition coefficient (Wildman–Crippen LogP) is 3.99. The number of carboxylic acids is 1. The fourth-order valence-corrected chi connectivity index (χ4v) is 5.45.